The minimum atomic E-state index is -0.144. The standard InChI is InChI=1S/C14H13BrClFN2/c1-8-3-10(4-9(2)13(8)17)6-18-14-12(15)5-11(16)7-19-14/h3-5,7H,6H2,1-2H3,(H,18,19). The zero-order valence-electron chi connectivity index (χ0n) is 10.6. The number of hydrogen-bond donors (Lipinski definition) is 1. The number of aromatic nitrogens is 1. The average Bonchev–Trinajstić information content (AvgIpc) is 2.34. The fourth-order valence-electron chi connectivity index (χ4n) is 1.87. The molecule has 0 aliphatic rings. The first kappa shape index (κ1) is 14.3. The van der Waals surface area contributed by atoms with E-state index >= 15 is 0 Å². The molecule has 1 heterocycles. The fraction of sp³-hybridized carbons (Fsp3) is 0.214. The Morgan fingerprint density at radius 1 is 1.26 bits per heavy atom. The second-order valence-corrected chi connectivity index (χ2v) is 5.67. The maximum absolute atomic E-state index is 13.5. The molecule has 0 saturated carbocycles. The minimum absolute atomic E-state index is 0.144. The van der Waals surface area contributed by atoms with E-state index in [0.29, 0.717) is 28.5 Å². The Labute approximate surface area is 125 Å². The van der Waals surface area contributed by atoms with E-state index in [4.69, 9.17) is 11.6 Å². The van der Waals surface area contributed by atoms with Gasteiger partial charge in [-0.3, -0.25) is 0 Å². The third kappa shape index (κ3) is 3.45. The molecule has 1 aromatic heterocycles. The highest BCUT2D eigenvalue weighted by atomic mass is 79.9. The number of nitrogens with zero attached hydrogens (tertiary/aromatic N) is 1. The fourth-order valence-corrected chi connectivity index (χ4v) is 2.65. The van der Waals surface area contributed by atoms with Crippen molar-refractivity contribution in [2.75, 3.05) is 5.32 Å². The Hall–Kier alpha value is -1.13. The van der Waals surface area contributed by atoms with Gasteiger partial charge in [-0.25, -0.2) is 9.37 Å². The number of rotatable bonds is 3. The summed E-state index contributed by atoms with van der Waals surface area (Å²) in [5.74, 6) is 0.568. The van der Waals surface area contributed by atoms with E-state index in [9.17, 15) is 4.39 Å². The van der Waals surface area contributed by atoms with Crippen molar-refractivity contribution in [2.45, 2.75) is 20.4 Å². The molecule has 5 heteroatoms. The summed E-state index contributed by atoms with van der Waals surface area (Å²) < 4.78 is 14.3. The van der Waals surface area contributed by atoms with Gasteiger partial charge in [0, 0.05) is 12.7 Å². The van der Waals surface area contributed by atoms with Crippen LogP contribution in [0.5, 0.6) is 0 Å². The molecular formula is C14H13BrClFN2. The van der Waals surface area contributed by atoms with E-state index in [1.165, 1.54) is 0 Å². The van der Waals surface area contributed by atoms with E-state index in [1.807, 2.05) is 12.1 Å². The van der Waals surface area contributed by atoms with E-state index < -0.39 is 0 Å². The summed E-state index contributed by atoms with van der Waals surface area (Å²) in [5.41, 5.74) is 2.32. The van der Waals surface area contributed by atoms with Crippen LogP contribution in [-0.4, -0.2) is 4.98 Å². The Morgan fingerprint density at radius 2 is 1.89 bits per heavy atom. The molecule has 0 radical (unpaired) electrons. The van der Waals surface area contributed by atoms with Crippen LogP contribution in [0.3, 0.4) is 0 Å². The van der Waals surface area contributed by atoms with E-state index in [1.54, 1.807) is 26.1 Å². The third-order valence-corrected chi connectivity index (χ3v) is 3.58. The molecule has 0 fully saturated rings. The molecule has 0 atom stereocenters. The smallest absolute Gasteiger partial charge is 0.140 e. The Kier molecular flexibility index (Phi) is 4.42. The van der Waals surface area contributed by atoms with E-state index in [-0.39, 0.29) is 5.82 Å². The van der Waals surface area contributed by atoms with Gasteiger partial charge in [-0.05, 0) is 52.5 Å². The molecular weight excluding hydrogens is 331 g/mol. The third-order valence-electron chi connectivity index (χ3n) is 2.76. The lowest BCUT2D eigenvalue weighted by Crippen LogP contribution is -2.03. The highest BCUT2D eigenvalue weighted by molar-refractivity contribution is 9.10. The average molecular weight is 344 g/mol. The predicted octanol–water partition coefficient (Wildman–Crippen LogP) is 4.87. The Balaban J connectivity index is 2.14. The van der Waals surface area contributed by atoms with Crippen LogP contribution in [0.1, 0.15) is 16.7 Å². The van der Waals surface area contributed by atoms with Gasteiger partial charge in [-0.2, -0.15) is 0 Å². The van der Waals surface area contributed by atoms with Crippen LogP contribution in [0, 0.1) is 19.7 Å². The normalized spacial score (nSPS) is 10.6. The van der Waals surface area contributed by atoms with Crippen molar-refractivity contribution in [3.8, 4) is 0 Å². The zero-order valence-corrected chi connectivity index (χ0v) is 12.9. The molecule has 1 N–H and O–H groups in total. The number of anilines is 1. The van der Waals surface area contributed by atoms with Gasteiger partial charge in [0.2, 0.25) is 0 Å². The van der Waals surface area contributed by atoms with Gasteiger partial charge in [-0.15, -0.1) is 0 Å². The monoisotopic (exact) mass is 342 g/mol. The van der Waals surface area contributed by atoms with Crippen LogP contribution in [0.2, 0.25) is 5.02 Å². The molecule has 2 aromatic rings. The summed E-state index contributed by atoms with van der Waals surface area (Å²) in [5, 5.41) is 3.77. The number of halogens is 3. The van der Waals surface area contributed by atoms with Gasteiger partial charge >= 0.3 is 0 Å². The molecule has 0 unspecified atom stereocenters. The second kappa shape index (κ2) is 5.88. The number of hydrogen-bond acceptors (Lipinski definition) is 2. The maximum Gasteiger partial charge on any atom is 0.140 e. The topological polar surface area (TPSA) is 24.9 Å². The molecule has 0 bridgehead atoms. The SMILES string of the molecule is Cc1cc(CNc2ncc(Cl)cc2Br)cc(C)c1F. The molecule has 0 aliphatic heterocycles. The summed E-state index contributed by atoms with van der Waals surface area (Å²) in [7, 11) is 0. The number of nitrogens with one attached hydrogen (secondary N) is 1. The van der Waals surface area contributed by atoms with Crippen molar-refractivity contribution in [1.82, 2.24) is 4.98 Å². The van der Waals surface area contributed by atoms with Crippen molar-refractivity contribution >= 4 is 33.3 Å². The van der Waals surface area contributed by atoms with Crippen molar-refractivity contribution in [3.63, 3.8) is 0 Å². The van der Waals surface area contributed by atoms with Crippen LogP contribution in [-0.2, 0) is 6.54 Å². The van der Waals surface area contributed by atoms with Crippen LogP contribution in [0.4, 0.5) is 10.2 Å². The van der Waals surface area contributed by atoms with Gasteiger partial charge in [0.15, 0.2) is 0 Å². The van der Waals surface area contributed by atoms with Gasteiger partial charge in [0.05, 0.1) is 9.50 Å². The molecule has 19 heavy (non-hydrogen) atoms. The molecule has 0 amide bonds. The molecule has 0 saturated heterocycles. The molecule has 0 spiro atoms. The van der Waals surface area contributed by atoms with Gasteiger partial charge in [0.1, 0.15) is 11.6 Å². The van der Waals surface area contributed by atoms with Crippen molar-refractivity contribution in [3.05, 3.63) is 56.4 Å². The predicted molar refractivity (Wildman–Crippen MR) is 80.1 cm³/mol. The van der Waals surface area contributed by atoms with Crippen LogP contribution >= 0.6 is 27.5 Å². The zero-order chi connectivity index (χ0) is 14.0. The summed E-state index contributed by atoms with van der Waals surface area (Å²) in [6.07, 6.45) is 1.58. The Bertz CT molecular complexity index is 593. The van der Waals surface area contributed by atoms with Crippen molar-refractivity contribution in [2.24, 2.45) is 0 Å². The van der Waals surface area contributed by atoms with E-state index in [0.717, 1.165) is 10.0 Å². The van der Waals surface area contributed by atoms with Crippen molar-refractivity contribution < 1.29 is 4.39 Å². The molecule has 100 valence electrons. The Morgan fingerprint density at radius 3 is 2.47 bits per heavy atom. The summed E-state index contributed by atoms with van der Waals surface area (Å²) in [4.78, 5) is 4.19. The molecule has 0 aliphatic carbocycles. The van der Waals surface area contributed by atoms with Gasteiger partial charge in [0.25, 0.3) is 0 Å². The summed E-state index contributed by atoms with van der Waals surface area (Å²) in [6.45, 7) is 4.11. The number of aryl methyl sites for hydroxylation is 2. The highest BCUT2D eigenvalue weighted by Gasteiger charge is 2.06. The van der Waals surface area contributed by atoms with Crippen LogP contribution < -0.4 is 5.32 Å². The summed E-state index contributed by atoms with van der Waals surface area (Å²) in [6, 6.07) is 5.44. The highest BCUT2D eigenvalue weighted by Crippen LogP contribution is 2.24. The summed E-state index contributed by atoms with van der Waals surface area (Å²) >= 11 is 9.22. The first-order chi connectivity index (χ1) is 8.97. The largest absolute Gasteiger partial charge is 0.365 e. The molecule has 1 aromatic carbocycles. The van der Waals surface area contributed by atoms with Gasteiger partial charge < -0.3 is 5.32 Å². The van der Waals surface area contributed by atoms with Crippen LogP contribution in [0.25, 0.3) is 0 Å². The van der Waals surface area contributed by atoms with Gasteiger partial charge in [-0.1, -0.05) is 23.7 Å². The number of pyridine rings is 1. The quantitative estimate of drug-likeness (QED) is 0.860. The first-order valence-corrected chi connectivity index (χ1v) is 6.95. The second-order valence-electron chi connectivity index (χ2n) is 4.38. The van der Waals surface area contributed by atoms with Crippen LogP contribution in [0.15, 0.2) is 28.9 Å². The lowest BCUT2D eigenvalue weighted by molar-refractivity contribution is 0.608. The lowest BCUT2D eigenvalue weighted by Gasteiger charge is -2.10. The van der Waals surface area contributed by atoms with Crippen molar-refractivity contribution in [1.29, 1.82) is 0 Å². The lowest BCUT2D eigenvalue weighted by atomic mass is 10.1. The van der Waals surface area contributed by atoms with E-state index in [2.05, 4.69) is 26.2 Å². The number of benzene rings is 1. The molecule has 2 rings (SSSR count). The maximum atomic E-state index is 13.5. The minimum Gasteiger partial charge on any atom is -0.365 e. The first-order valence-electron chi connectivity index (χ1n) is 5.78. The molecule has 2 nitrogen and oxygen atoms in total.